The Balaban J connectivity index is 2.03. The average molecular weight is 435 g/mol. The minimum atomic E-state index is -3.84. The van der Waals surface area contributed by atoms with Crippen LogP contribution in [0.15, 0.2) is 53.4 Å². The fourth-order valence-corrected chi connectivity index (χ4v) is 6.16. The molecule has 162 valence electrons. The van der Waals surface area contributed by atoms with Gasteiger partial charge in [0, 0.05) is 12.5 Å². The van der Waals surface area contributed by atoms with Crippen LogP contribution in [0.4, 0.5) is 9.18 Å². The second kappa shape index (κ2) is 7.67. The van der Waals surface area contributed by atoms with Gasteiger partial charge in [-0.3, -0.25) is 0 Å². The van der Waals surface area contributed by atoms with Crippen LogP contribution in [0.1, 0.15) is 37.8 Å². The number of aryl methyl sites for hydroxylation is 1. The summed E-state index contributed by atoms with van der Waals surface area (Å²) in [5.74, 6) is -1.07. The zero-order chi connectivity index (χ0) is 22.3. The van der Waals surface area contributed by atoms with Gasteiger partial charge in [-0.25, -0.2) is 17.6 Å². The second-order valence-electron chi connectivity index (χ2n) is 8.68. The van der Waals surface area contributed by atoms with E-state index in [2.05, 4.69) is 5.32 Å². The number of nitrogens with two attached hydrogens (primary N) is 1. The number of amides is 1. The highest BCUT2D eigenvalue weighted by Gasteiger charge is 2.71. The van der Waals surface area contributed by atoms with Crippen molar-refractivity contribution in [3.63, 3.8) is 0 Å². The number of carbonyl (C=O) groups excluding carboxylic acids is 1. The van der Waals surface area contributed by atoms with E-state index in [0.29, 0.717) is 5.56 Å². The SMILES string of the molecule is Cc1ccc(S(=O)(=O)[C@@H]2[C@@H](c3ccc(F)cc3)[C@@]2(CN)NC(=O)OC(C)(C)C)cc1. The number of ether oxygens (including phenoxy) is 1. The van der Waals surface area contributed by atoms with Crippen molar-refractivity contribution in [2.24, 2.45) is 5.73 Å². The first-order chi connectivity index (χ1) is 13.9. The van der Waals surface area contributed by atoms with Crippen LogP contribution >= 0.6 is 0 Å². The summed E-state index contributed by atoms with van der Waals surface area (Å²) in [6, 6.07) is 12.1. The van der Waals surface area contributed by atoms with Crippen LogP contribution in [0.3, 0.4) is 0 Å². The summed E-state index contributed by atoms with van der Waals surface area (Å²) in [5, 5.41) is 1.71. The fraction of sp³-hybridized carbons (Fsp3) is 0.409. The van der Waals surface area contributed by atoms with Crippen molar-refractivity contribution in [3.8, 4) is 0 Å². The number of hydrogen-bond donors (Lipinski definition) is 2. The molecule has 0 aliphatic heterocycles. The number of carbonyl (C=O) groups is 1. The van der Waals surface area contributed by atoms with Crippen LogP contribution in [0.5, 0.6) is 0 Å². The van der Waals surface area contributed by atoms with E-state index in [1.807, 2.05) is 6.92 Å². The Kier molecular flexibility index (Phi) is 5.68. The number of hydrogen-bond acceptors (Lipinski definition) is 5. The van der Waals surface area contributed by atoms with E-state index in [1.54, 1.807) is 45.0 Å². The number of rotatable bonds is 5. The molecule has 3 atom stereocenters. The Hall–Kier alpha value is -2.45. The quantitative estimate of drug-likeness (QED) is 0.752. The number of halogens is 1. The summed E-state index contributed by atoms with van der Waals surface area (Å²) >= 11 is 0. The lowest BCUT2D eigenvalue weighted by Gasteiger charge is -2.24. The average Bonchev–Trinajstić information content (AvgIpc) is 3.30. The molecule has 2 aromatic rings. The van der Waals surface area contributed by atoms with Crippen LogP contribution in [0.25, 0.3) is 0 Å². The van der Waals surface area contributed by atoms with Gasteiger partial charge >= 0.3 is 6.09 Å². The van der Waals surface area contributed by atoms with Gasteiger partial charge < -0.3 is 15.8 Å². The molecule has 0 bridgehead atoms. The van der Waals surface area contributed by atoms with Crippen LogP contribution in [-0.2, 0) is 14.6 Å². The lowest BCUT2D eigenvalue weighted by atomic mass is 10.1. The molecule has 2 aromatic carbocycles. The van der Waals surface area contributed by atoms with Crippen molar-refractivity contribution in [1.29, 1.82) is 0 Å². The Bertz CT molecular complexity index is 1030. The number of benzene rings is 2. The number of alkyl carbamates (subject to hydrolysis) is 1. The minimum Gasteiger partial charge on any atom is -0.444 e. The van der Waals surface area contributed by atoms with Gasteiger partial charge in [0.1, 0.15) is 16.7 Å². The first kappa shape index (κ1) is 22.2. The monoisotopic (exact) mass is 434 g/mol. The molecule has 0 radical (unpaired) electrons. The van der Waals surface area contributed by atoms with E-state index in [1.165, 1.54) is 24.3 Å². The van der Waals surface area contributed by atoms with E-state index >= 15 is 0 Å². The Morgan fingerprint density at radius 2 is 1.70 bits per heavy atom. The van der Waals surface area contributed by atoms with Crippen LogP contribution in [0.2, 0.25) is 0 Å². The third-order valence-electron chi connectivity index (χ3n) is 5.24. The van der Waals surface area contributed by atoms with Gasteiger partial charge in [-0.2, -0.15) is 0 Å². The highest BCUT2D eigenvalue weighted by atomic mass is 32.2. The summed E-state index contributed by atoms with van der Waals surface area (Å²) in [6.45, 7) is 6.89. The largest absolute Gasteiger partial charge is 0.444 e. The minimum absolute atomic E-state index is 0.121. The molecule has 0 saturated heterocycles. The first-order valence-corrected chi connectivity index (χ1v) is 11.2. The third kappa shape index (κ3) is 4.20. The molecule has 8 heteroatoms. The van der Waals surface area contributed by atoms with E-state index in [4.69, 9.17) is 10.5 Å². The molecule has 1 amide bonds. The molecule has 6 nitrogen and oxygen atoms in total. The smallest absolute Gasteiger partial charge is 0.408 e. The molecule has 0 aromatic heterocycles. The van der Waals surface area contributed by atoms with Crippen LogP contribution in [-0.4, -0.2) is 37.4 Å². The Labute approximate surface area is 176 Å². The third-order valence-corrected chi connectivity index (χ3v) is 7.53. The van der Waals surface area contributed by atoms with Gasteiger partial charge in [0.15, 0.2) is 9.84 Å². The topological polar surface area (TPSA) is 98.5 Å². The van der Waals surface area contributed by atoms with Gasteiger partial charge in [0.2, 0.25) is 0 Å². The summed E-state index contributed by atoms with van der Waals surface area (Å²) in [4.78, 5) is 12.7. The zero-order valence-electron chi connectivity index (χ0n) is 17.5. The molecule has 3 N–H and O–H groups in total. The molecule has 1 aliphatic carbocycles. The molecule has 0 heterocycles. The summed E-state index contributed by atoms with van der Waals surface area (Å²) in [6.07, 6.45) is -0.748. The number of nitrogens with one attached hydrogen (secondary N) is 1. The lowest BCUT2D eigenvalue weighted by molar-refractivity contribution is 0.0497. The highest BCUT2D eigenvalue weighted by Crippen LogP contribution is 2.57. The van der Waals surface area contributed by atoms with E-state index in [0.717, 1.165) is 5.56 Å². The van der Waals surface area contributed by atoms with E-state index in [9.17, 15) is 17.6 Å². The molecule has 0 unspecified atom stereocenters. The van der Waals surface area contributed by atoms with Crippen molar-refractivity contribution in [2.45, 2.75) is 54.9 Å². The molecule has 30 heavy (non-hydrogen) atoms. The molecule has 3 rings (SSSR count). The molecular formula is C22H27FN2O4S. The van der Waals surface area contributed by atoms with Crippen LogP contribution < -0.4 is 11.1 Å². The van der Waals surface area contributed by atoms with Gasteiger partial charge in [0.25, 0.3) is 0 Å². The van der Waals surface area contributed by atoms with Crippen molar-refractivity contribution in [3.05, 3.63) is 65.5 Å². The van der Waals surface area contributed by atoms with Gasteiger partial charge in [0.05, 0.1) is 10.4 Å². The van der Waals surface area contributed by atoms with E-state index in [-0.39, 0.29) is 11.4 Å². The van der Waals surface area contributed by atoms with Gasteiger partial charge in [-0.1, -0.05) is 29.8 Å². The molecule has 1 fully saturated rings. The summed E-state index contributed by atoms with van der Waals surface area (Å²) < 4.78 is 45.7. The lowest BCUT2D eigenvalue weighted by Crippen LogP contribution is -2.49. The summed E-state index contributed by atoms with van der Waals surface area (Å²) in [7, 11) is -3.84. The zero-order valence-corrected chi connectivity index (χ0v) is 18.3. The Morgan fingerprint density at radius 1 is 1.13 bits per heavy atom. The second-order valence-corrected chi connectivity index (χ2v) is 10.7. The predicted molar refractivity (Wildman–Crippen MR) is 112 cm³/mol. The van der Waals surface area contributed by atoms with Gasteiger partial charge in [-0.15, -0.1) is 0 Å². The first-order valence-electron chi connectivity index (χ1n) is 9.68. The number of sulfone groups is 1. The maximum Gasteiger partial charge on any atom is 0.408 e. The fourth-order valence-electron chi connectivity index (χ4n) is 3.81. The standard InChI is InChI=1S/C22H27FN2O4S/c1-14-5-11-17(12-6-14)30(27,28)19-18(15-7-9-16(23)10-8-15)22(19,13-24)25-20(26)29-21(2,3)4/h5-12,18-19H,13,24H2,1-4H3,(H,25,26)/t18-,19-,22-/m1/s1. The maximum absolute atomic E-state index is 13.5. The van der Waals surface area contributed by atoms with Gasteiger partial charge in [-0.05, 0) is 57.5 Å². The highest BCUT2D eigenvalue weighted by molar-refractivity contribution is 7.92. The maximum atomic E-state index is 13.5. The predicted octanol–water partition coefficient (Wildman–Crippen LogP) is 3.30. The molecule has 1 saturated carbocycles. The molecular weight excluding hydrogens is 407 g/mol. The molecule has 0 spiro atoms. The normalized spacial score (nSPS) is 23.7. The molecule has 1 aliphatic rings. The van der Waals surface area contributed by atoms with E-state index < -0.39 is 44.1 Å². The summed E-state index contributed by atoms with van der Waals surface area (Å²) in [5.41, 5.74) is 5.51. The van der Waals surface area contributed by atoms with Crippen molar-refractivity contribution < 1.29 is 22.3 Å². The van der Waals surface area contributed by atoms with Crippen molar-refractivity contribution >= 4 is 15.9 Å². The van der Waals surface area contributed by atoms with Crippen molar-refractivity contribution in [2.75, 3.05) is 6.54 Å². The van der Waals surface area contributed by atoms with Crippen molar-refractivity contribution in [1.82, 2.24) is 5.32 Å². The Morgan fingerprint density at radius 3 is 2.20 bits per heavy atom. The van der Waals surface area contributed by atoms with Crippen LogP contribution in [0, 0.1) is 12.7 Å².